The van der Waals surface area contributed by atoms with Gasteiger partial charge in [0.15, 0.2) is 0 Å². The fourth-order valence-electron chi connectivity index (χ4n) is 3.85. The van der Waals surface area contributed by atoms with Crippen molar-refractivity contribution < 1.29 is 4.79 Å². The fourth-order valence-corrected chi connectivity index (χ4v) is 3.85. The lowest BCUT2D eigenvalue weighted by molar-refractivity contribution is 0.0751. The maximum absolute atomic E-state index is 13.4. The molecule has 138 valence electrons. The second-order valence-corrected chi connectivity index (χ2v) is 7.09. The zero-order valence-electron chi connectivity index (χ0n) is 16.0. The van der Waals surface area contributed by atoms with Gasteiger partial charge < -0.3 is 14.4 Å². The van der Waals surface area contributed by atoms with Crippen LogP contribution >= 0.6 is 0 Å². The van der Waals surface area contributed by atoms with Crippen molar-refractivity contribution in [2.45, 2.75) is 20.4 Å². The van der Waals surface area contributed by atoms with Gasteiger partial charge in [-0.1, -0.05) is 24.3 Å². The minimum atomic E-state index is 0.0791. The Bertz CT molecular complexity index is 977. The molecule has 1 aliphatic heterocycles. The van der Waals surface area contributed by atoms with Gasteiger partial charge in [-0.25, -0.2) is 4.98 Å². The standard InChI is InChI=1S/C22H24N4O/c1-16-14-19(17(2)26(16)21-10-6-7-11-23-21)22(27)25-13-12-24(3)20-9-5-4-8-18(20)15-25/h4-11,14H,12-13,15H2,1-3H3. The van der Waals surface area contributed by atoms with Gasteiger partial charge in [-0.15, -0.1) is 0 Å². The first kappa shape index (κ1) is 17.3. The molecule has 2 aromatic heterocycles. The first-order chi connectivity index (χ1) is 13.1. The third kappa shape index (κ3) is 3.10. The zero-order chi connectivity index (χ0) is 19.0. The van der Waals surface area contributed by atoms with Gasteiger partial charge in [0.05, 0.1) is 5.56 Å². The maximum atomic E-state index is 13.4. The molecule has 0 spiro atoms. The molecule has 0 unspecified atom stereocenters. The Morgan fingerprint density at radius 3 is 2.59 bits per heavy atom. The normalized spacial score (nSPS) is 14.0. The number of likely N-dealkylation sites (N-methyl/N-ethyl adjacent to an activating group) is 1. The Kier molecular flexibility index (Phi) is 4.44. The average Bonchev–Trinajstić information content (AvgIpc) is 2.88. The summed E-state index contributed by atoms with van der Waals surface area (Å²) in [5, 5.41) is 0. The highest BCUT2D eigenvalue weighted by atomic mass is 16.2. The van der Waals surface area contributed by atoms with Crippen molar-refractivity contribution in [1.82, 2.24) is 14.5 Å². The van der Waals surface area contributed by atoms with Gasteiger partial charge in [0, 0.05) is 50.0 Å². The third-order valence-electron chi connectivity index (χ3n) is 5.30. The van der Waals surface area contributed by atoms with E-state index < -0.39 is 0 Å². The van der Waals surface area contributed by atoms with E-state index in [0.717, 1.165) is 29.3 Å². The molecule has 1 amide bonds. The zero-order valence-corrected chi connectivity index (χ0v) is 16.0. The van der Waals surface area contributed by atoms with Crippen molar-refractivity contribution in [2.75, 3.05) is 25.0 Å². The summed E-state index contributed by atoms with van der Waals surface area (Å²) in [6.07, 6.45) is 1.78. The lowest BCUT2D eigenvalue weighted by Crippen LogP contribution is -2.34. The number of aryl methyl sites for hydroxylation is 1. The van der Waals surface area contributed by atoms with Crippen molar-refractivity contribution >= 4 is 11.6 Å². The van der Waals surface area contributed by atoms with E-state index in [2.05, 4.69) is 29.1 Å². The van der Waals surface area contributed by atoms with Gasteiger partial charge in [0.25, 0.3) is 5.91 Å². The molecule has 3 heterocycles. The van der Waals surface area contributed by atoms with Crippen LogP contribution in [-0.4, -0.2) is 40.5 Å². The summed E-state index contributed by atoms with van der Waals surface area (Å²) in [6.45, 7) is 6.17. The van der Waals surface area contributed by atoms with E-state index in [1.807, 2.05) is 59.7 Å². The Balaban J connectivity index is 1.68. The lowest BCUT2D eigenvalue weighted by Gasteiger charge is -2.21. The highest BCUT2D eigenvalue weighted by Gasteiger charge is 2.25. The van der Waals surface area contributed by atoms with Crippen molar-refractivity contribution in [3.8, 4) is 5.82 Å². The first-order valence-electron chi connectivity index (χ1n) is 9.25. The van der Waals surface area contributed by atoms with Gasteiger partial charge in [0.2, 0.25) is 0 Å². The number of fused-ring (bicyclic) bond motifs is 1. The van der Waals surface area contributed by atoms with Crippen LogP contribution in [-0.2, 0) is 6.54 Å². The Morgan fingerprint density at radius 2 is 1.81 bits per heavy atom. The van der Waals surface area contributed by atoms with Crippen LogP contribution in [0.1, 0.15) is 27.3 Å². The molecule has 0 saturated carbocycles. The van der Waals surface area contributed by atoms with Crippen LogP contribution in [0.25, 0.3) is 5.82 Å². The van der Waals surface area contributed by atoms with Crippen LogP contribution in [0.15, 0.2) is 54.7 Å². The van der Waals surface area contributed by atoms with Gasteiger partial charge in [-0.05, 0) is 43.7 Å². The Labute approximate surface area is 159 Å². The minimum absolute atomic E-state index is 0.0791. The number of benzene rings is 1. The molecule has 1 aliphatic rings. The molecule has 5 heteroatoms. The lowest BCUT2D eigenvalue weighted by atomic mass is 10.1. The van der Waals surface area contributed by atoms with Crippen LogP contribution in [0.5, 0.6) is 0 Å². The quantitative estimate of drug-likeness (QED) is 0.701. The Hall–Kier alpha value is -3.08. The monoisotopic (exact) mass is 360 g/mol. The highest BCUT2D eigenvalue weighted by molar-refractivity contribution is 5.96. The number of amides is 1. The first-order valence-corrected chi connectivity index (χ1v) is 9.25. The number of para-hydroxylation sites is 1. The number of anilines is 1. The number of carbonyl (C=O) groups is 1. The molecule has 0 fully saturated rings. The fraction of sp³-hybridized carbons (Fsp3) is 0.273. The average molecular weight is 360 g/mol. The molecule has 3 aromatic rings. The summed E-state index contributed by atoms with van der Waals surface area (Å²) in [4.78, 5) is 22.0. The molecule has 0 aliphatic carbocycles. The van der Waals surface area contributed by atoms with Gasteiger partial charge in [0.1, 0.15) is 5.82 Å². The smallest absolute Gasteiger partial charge is 0.256 e. The summed E-state index contributed by atoms with van der Waals surface area (Å²) in [5.74, 6) is 0.919. The van der Waals surface area contributed by atoms with Gasteiger partial charge in [-0.2, -0.15) is 0 Å². The molecular formula is C22H24N4O. The van der Waals surface area contributed by atoms with Crippen LogP contribution in [0.3, 0.4) is 0 Å². The number of hydrogen-bond acceptors (Lipinski definition) is 3. The molecule has 0 saturated heterocycles. The van der Waals surface area contributed by atoms with E-state index in [1.54, 1.807) is 6.20 Å². The van der Waals surface area contributed by atoms with E-state index >= 15 is 0 Å². The molecular weight excluding hydrogens is 336 g/mol. The van der Waals surface area contributed by atoms with E-state index in [4.69, 9.17) is 0 Å². The molecule has 0 atom stereocenters. The third-order valence-corrected chi connectivity index (χ3v) is 5.30. The number of rotatable bonds is 2. The van der Waals surface area contributed by atoms with E-state index in [9.17, 15) is 4.79 Å². The molecule has 1 aromatic carbocycles. The van der Waals surface area contributed by atoms with E-state index in [-0.39, 0.29) is 5.91 Å². The largest absolute Gasteiger partial charge is 0.373 e. The van der Waals surface area contributed by atoms with Crippen LogP contribution in [0.2, 0.25) is 0 Å². The maximum Gasteiger partial charge on any atom is 0.256 e. The Morgan fingerprint density at radius 1 is 1.04 bits per heavy atom. The summed E-state index contributed by atoms with van der Waals surface area (Å²) >= 11 is 0. The van der Waals surface area contributed by atoms with Gasteiger partial charge in [-0.3, -0.25) is 4.79 Å². The number of aromatic nitrogens is 2. The van der Waals surface area contributed by atoms with Crippen LogP contribution in [0, 0.1) is 13.8 Å². The second-order valence-electron chi connectivity index (χ2n) is 7.09. The minimum Gasteiger partial charge on any atom is -0.373 e. The SMILES string of the molecule is Cc1cc(C(=O)N2CCN(C)c3ccccc3C2)c(C)n1-c1ccccn1. The molecule has 27 heavy (non-hydrogen) atoms. The van der Waals surface area contributed by atoms with Crippen molar-refractivity contribution in [1.29, 1.82) is 0 Å². The topological polar surface area (TPSA) is 41.4 Å². The molecule has 0 bridgehead atoms. The van der Waals surface area contributed by atoms with Gasteiger partial charge >= 0.3 is 0 Å². The molecule has 4 rings (SSSR count). The summed E-state index contributed by atoms with van der Waals surface area (Å²) in [7, 11) is 2.08. The summed E-state index contributed by atoms with van der Waals surface area (Å²) < 4.78 is 2.05. The van der Waals surface area contributed by atoms with Crippen molar-refractivity contribution in [2.24, 2.45) is 0 Å². The van der Waals surface area contributed by atoms with E-state index in [0.29, 0.717) is 13.1 Å². The summed E-state index contributed by atoms with van der Waals surface area (Å²) in [6, 6.07) is 16.1. The number of pyridine rings is 1. The molecule has 0 N–H and O–H groups in total. The number of hydrogen-bond donors (Lipinski definition) is 0. The number of nitrogens with zero attached hydrogens (tertiary/aromatic N) is 4. The summed E-state index contributed by atoms with van der Waals surface area (Å²) in [5.41, 5.74) is 5.08. The van der Waals surface area contributed by atoms with E-state index in [1.165, 1.54) is 11.3 Å². The number of carbonyl (C=O) groups excluding carboxylic acids is 1. The van der Waals surface area contributed by atoms with Crippen molar-refractivity contribution in [3.63, 3.8) is 0 Å². The van der Waals surface area contributed by atoms with Crippen molar-refractivity contribution in [3.05, 3.63) is 77.2 Å². The predicted octanol–water partition coefficient (Wildman–Crippen LogP) is 3.58. The van der Waals surface area contributed by atoms with Crippen LogP contribution in [0.4, 0.5) is 5.69 Å². The molecule has 5 nitrogen and oxygen atoms in total. The van der Waals surface area contributed by atoms with Crippen LogP contribution < -0.4 is 4.90 Å². The highest BCUT2D eigenvalue weighted by Crippen LogP contribution is 2.26. The molecule has 0 radical (unpaired) electrons. The predicted molar refractivity (Wildman–Crippen MR) is 107 cm³/mol. The second kappa shape index (κ2) is 6.91.